The summed E-state index contributed by atoms with van der Waals surface area (Å²) in [5.41, 5.74) is 0. The van der Waals surface area contributed by atoms with Crippen molar-refractivity contribution in [3.8, 4) is 0 Å². The summed E-state index contributed by atoms with van der Waals surface area (Å²) in [6, 6.07) is 0. The van der Waals surface area contributed by atoms with E-state index in [0.29, 0.717) is 25.0 Å². The van der Waals surface area contributed by atoms with E-state index in [1.54, 1.807) is 0 Å². The first-order chi connectivity index (χ1) is 28.5. The van der Waals surface area contributed by atoms with E-state index < -0.39 is 0 Å². The fraction of sp³-hybridized carbons (Fsp3) is 0.962. The van der Waals surface area contributed by atoms with Crippen LogP contribution in [0.3, 0.4) is 0 Å². The average molecular weight is 820 g/mol. The van der Waals surface area contributed by atoms with E-state index in [2.05, 4.69) is 39.5 Å². The first-order valence-electron chi connectivity index (χ1n) is 26.1. The van der Waals surface area contributed by atoms with Gasteiger partial charge in [0.15, 0.2) is 0 Å². The minimum absolute atomic E-state index is 0.0690. The molecule has 1 rings (SSSR count). The molecule has 0 aromatic heterocycles. The summed E-state index contributed by atoms with van der Waals surface area (Å²) in [4.78, 5) is 29.2. The van der Waals surface area contributed by atoms with Crippen LogP contribution in [0, 0.1) is 23.7 Å². The van der Waals surface area contributed by atoms with Crippen molar-refractivity contribution in [1.82, 2.24) is 4.90 Å². The largest absolute Gasteiger partial charge is 0.465 e. The quantitative estimate of drug-likeness (QED) is 0.0451. The number of hydrogen-bond acceptors (Lipinski definition) is 6. The Hall–Kier alpha value is -1.14. The number of unbranched alkanes of at least 4 members (excludes halogenated alkanes) is 20. The third-order valence-corrected chi connectivity index (χ3v) is 13.0. The highest BCUT2D eigenvalue weighted by Crippen LogP contribution is 2.32. The topological polar surface area (TPSA) is 65.1 Å². The Labute approximate surface area is 362 Å². The molecule has 0 aliphatic carbocycles. The number of esters is 2. The lowest BCUT2D eigenvalue weighted by Gasteiger charge is -2.19. The third-order valence-electron chi connectivity index (χ3n) is 13.0. The van der Waals surface area contributed by atoms with Crippen LogP contribution in [0.1, 0.15) is 253 Å². The molecule has 0 amide bonds. The van der Waals surface area contributed by atoms with Crippen LogP contribution in [0.15, 0.2) is 0 Å². The molecule has 4 atom stereocenters. The molecule has 4 unspecified atom stereocenters. The monoisotopic (exact) mass is 820 g/mol. The highest BCUT2D eigenvalue weighted by atomic mass is 16.5. The van der Waals surface area contributed by atoms with Crippen molar-refractivity contribution in [2.24, 2.45) is 23.7 Å². The van der Waals surface area contributed by atoms with Gasteiger partial charge in [0, 0.05) is 26.3 Å². The zero-order chi connectivity index (χ0) is 42.2. The Morgan fingerprint density at radius 2 is 0.759 bits per heavy atom. The molecule has 344 valence electrons. The molecule has 0 aromatic carbocycles. The maximum absolute atomic E-state index is 13.2. The van der Waals surface area contributed by atoms with Crippen LogP contribution in [0.5, 0.6) is 0 Å². The Morgan fingerprint density at radius 3 is 1.17 bits per heavy atom. The average Bonchev–Trinajstić information content (AvgIpc) is 3.62. The second kappa shape index (κ2) is 41.2. The van der Waals surface area contributed by atoms with Crippen LogP contribution in [-0.2, 0) is 23.8 Å². The van der Waals surface area contributed by atoms with Gasteiger partial charge in [-0.3, -0.25) is 9.59 Å². The van der Waals surface area contributed by atoms with E-state index in [1.807, 2.05) is 0 Å². The number of hydrogen-bond donors (Lipinski definition) is 0. The number of carbonyl (C=O) groups excluding carboxylic acids is 2. The predicted molar refractivity (Wildman–Crippen MR) is 248 cm³/mol. The van der Waals surface area contributed by atoms with Crippen LogP contribution < -0.4 is 0 Å². The summed E-state index contributed by atoms with van der Waals surface area (Å²) in [5, 5.41) is 0. The molecule has 1 saturated heterocycles. The summed E-state index contributed by atoms with van der Waals surface area (Å²) in [6.07, 6.45) is 40.3. The molecule has 58 heavy (non-hydrogen) atoms. The third kappa shape index (κ3) is 30.8. The normalized spacial score (nSPS) is 16.8. The first kappa shape index (κ1) is 54.9. The van der Waals surface area contributed by atoms with Gasteiger partial charge in [-0.25, -0.2) is 0 Å². The van der Waals surface area contributed by atoms with Crippen molar-refractivity contribution in [2.45, 2.75) is 253 Å². The summed E-state index contributed by atoms with van der Waals surface area (Å²) >= 11 is 0. The Balaban J connectivity index is 2.59. The molecule has 1 fully saturated rings. The second-order valence-electron chi connectivity index (χ2n) is 18.5. The maximum Gasteiger partial charge on any atom is 0.308 e. The molecule has 0 aromatic rings. The van der Waals surface area contributed by atoms with E-state index in [-0.39, 0.29) is 23.8 Å². The number of nitrogens with zero attached hydrogens (tertiary/aromatic N) is 1. The van der Waals surface area contributed by atoms with Gasteiger partial charge in [0.25, 0.3) is 0 Å². The number of carbonyl (C=O) groups is 2. The fourth-order valence-corrected chi connectivity index (χ4v) is 9.10. The van der Waals surface area contributed by atoms with Crippen molar-refractivity contribution in [2.75, 3.05) is 46.1 Å². The van der Waals surface area contributed by atoms with E-state index in [0.717, 1.165) is 110 Å². The molecule has 0 bridgehead atoms. The summed E-state index contributed by atoms with van der Waals surface area (Å²) < 4.78 is 17.8. The Kier molecular flexibility index (Phi) is 39.0. The summed E-state index contributed by atoms with van der Waals surface area (Å²) in [7, 11) is 0. The van der Waals surface area contributed by atoms with Crippen LogP contribution in [0.4, 0.5) is 0 Å². The van der Waals surface area contributed by atoms with Crippen LogP contribution >= 0.6 is 0 Å². The van der Waals surface area contributed by atoms with Gasteiger partial charge in [0.1, 0.15) is 0 Å². The van der Waals surface area contributed by atoms with Gasteiger partial charge < -0.3 is 19.1 Å². The van der Waals surface area contributed by atoms with E-state index in [4.69, 9.17) is 14.2 Å². The zero-order valence-electron chi connectivity index (χ0n) is 39.8. The molecule has 0 N–H and O–H groups in total. The van der Waals surface area contributed by atoms with Gasteiger partial charge in [0.05, 0.1) is 25.0 Å². The highest BCUT2D eigenvalue weighted by Gasteiger charge is 2.31. The summed E-state index contributed by atoms with van der Waals surface area (Å²) in [5.74, 6) is 1.71. The molecular weight excluding hydrogens is 719 g/mol. The van der Waals surface area contributed by atoms with Crippen molar-refractivity contribution in [3.05, 3.63) is 0 Å². The maximum atomic E-state index is 13.2. The van der Waals surface area contributed by atoms with Gasteiger partial charge in [-0.1, -0.05) is 169 Å². The van der Waals surface area contributed by atoms with Crippen molar-refractivity contribution >= 4 is 11.9 Å². The lowest BCUT2D eigenvalue weighted by Crippen LogP contribution is -2.22. The summed E-state index contributed by atoms with van der Waals surface area (Å²) in [6.45, 7) is 17.7. The van der Waals surface area contributed by atoms with Crippen molar-refractivity contribution in [1.29, 1.82) is 0 Å². The number of likely N-dealkylation sites (tertiary alicyclic amines) is 1. The minimum atomic E-state index is 0.0690. The highest BCUT2D eigenvalue weighted by molar-refractivity contribution is 5.72. The van der Waals surface area contributed by atoms with E-state index in [1.165, 1.54) is 142 Å². The van der Waals surface area contributed by atoms with Crippen molar-refractivity contribution in [3.63, 3.8) is 0 Å². The molecule has 1 aliphatic heterocycles. The smallest absolute Gasteiger partial charge is 0.308 e. The van der Waals surface area contributed by atoms with Gasteiger partial charge in [-0.2, -0.15) is 0 Å². The van der Waals surface area contributed by atoms with Crippen molar-refractivity contribution < 1.29 is 23.8 Å². The minimum Gasteiger partial charge on any atom is -0.465 e. The van der Waals surface area contributed by atoms with Gasteiger partial charge in [0.2, 0.25) is 0 Å². The molecule has 0 spiro atoms. The Morgan fingerprint density at radius 1 is 0.414 bits per heavy atom. The SMILES string of the molecule is CCCCCCCCC(CCCCCC)C(=O)OCCCCC1CN(CCCCOCCCC)CC1CCCCOC(=O)C(CCCCCC)CCCCCCCC. The lowest BCUT2D eigenvalue weighted by atomic mass is 9.87. The van der Waals surface area contributed by atoms with Gasteiger partial charge >= 0.3 is 11.9 Å². The zero-order valence-corrected chi connectivity index (χ0v) is 39.8. The van der Waals surface area contributed by atoms with Crippen LogP contribution in [0.2, 0.25) is 0 Å². The molecular formula is C52H101NO5. The van der Waals surface area contributed by atoms with E-state index >= 15 is 0 Å². The van der Waals surface area contributed by atoms with Crippen LogP contribution in [-0.4, -0.2) is 62.9 Å². The predicted octanol–water partition coefficient (Wildman–Crippen LogP) is 15.2. The molecule has 0 radical (unpaired) electrons. The Bertz CT molecular complexity index is 835. The number of ether oxygens (including phenoxy) is 3. The number of rotatable bonds is 44. The molecule has 6 nitrogen and oxygen atoms in total. The molecule has 6 heteroatoms. The standard InChI is InChI=1S/C52H101NO5/c1-6-11-16-20-22-26-36-47(34-24-18-13-8-3)51(54)57-43-31-28-38-49-45-53(40-30-33-42-56-41-15-10-5)46-50(49)39-29-32-44-58-52(55)48(35-25-19-14-9-4)37-27-23-21-17-12-7-2/h47-50H,6-46H2,1-5H3. The van der Waals surface area contributed by atoms with Crippen LogP contribution in [0.25, 0.3) is 0 Å². The molecule has 1 aliphatic rings. The molecule has 0 saturated carbocycles. The first-order valence-corrected chi connectivity index (χ1v) is 26.1. The van der Waals surface area contributed by atoms with E-state index in [9.17, 15) is 9.59 Å². The second-order valence-corrected chi connectivity index (χ2v) is 18.5. The molecule has 1 heterocycles. The lowest BCUT2D eigenvalue weighted by molar-refractivity contribution is -0.150. The fourth-order valence-electron chi connectivity index (χ4n) is 9.10. The van der Waals surface area contributed by atoms with Gasteiger partial charge in [-0.15, -0.1) is 0 Å². The van der Waals surface area contributed by atoms with Gasteiger partial charge in [-0.05, 0) is 102 Å².